The van der Waals surface area contributed by atoms with Crippen LogP contribution in [0.25, 0.3) is 0 Å². The normalized spacial score (nSPS) is 13.5. The molecule has 10 heteroatoms. The molecule has 0 aliphatic heterocycles. The van der Waals surface area contributed by atoms with Gasteiger partial charge in [0.05, 0.1) is 6.04 Å². The Morgan fingerprint density at radius 2 is 1.14 bits per heavy atom. The minimum Gasteiger partial charge on any atom is -0.321 e. The van der Waals surface area contributed by atoms with E-state index in [2.05, 4.69) is 44.9 Å². The number of aromatic nitrogens is 9. The summed E-state index contributed by atoms with van der Waals surface area (Å²) in [5.74, 6) is 1.27. The lowest BCUT2D eigenvalue weighted by atomic mass is 9.94. The molecule has 3 aromatic rings. The average Bonchev–Trinajstić information content (AvgIpc) is 2.61. The molecule has 0 saturated heterocycles. The summed E-state index contributed by atoms with van der Waals surface area (Å²) in [7, 11) is 0. The van der Waals surface area contributed by atoms with Crippen LogP contribution in [0.3, 0.4) is 0 Å². The third-order valence-electron chi connectivity index (χ3n) is 3.04. The lowest BCUT2D eigenvalue weighted by Gasteiger charge is -2.20. The molecular formula is C12H12N10. The van der Waals surface area contributed by atoms with Gasteiger partial charge in [-0.25, -0.2) is 44.9 Å². The Labute approximate surface area is 125 Å². The van der Waals surface area contributed by atoms with Gasteiger partial charge in [-0.1, -0.05) is 0 Å². The van der Waals surface area contributed by atoms with Crippen molar-refractivity contribution < 1.29 is 0 Å². The van der Waals surface area contributed by atoms with Crippen LogP contribution >= 0.6 is 0 Å². The molecule has 2 N–H and O–H groups in total. The number of hydrogen-bond acceptors (Lipinski definition) is 10. The molecule has 0 spiro atoms. The van der Waals surface area contributed by atoms with Gasteiger partial charge in [0.1, 0.15) is 55.4 Å². The first-order chi connectivity index (χ1) is 10.8. The molecule has 110 valence electrons. The van der Waals surface area contributed by atoms with E-state index >= 15 is 0 Å². The Bertz CT molecular complexity index is 693. The van der Waals surface area contributed by atoms with Crippen molar-refractivity contribution in [1.29, 1.82) is 0 Å². The molecule has 22 heavy (non-hydrogen) atoms. The summed E-state index contributed by atoms with van der Waals surface area (Å²) in [6, 6.07) is -0.526. The molecule has 3 aromatic heterocycles. The maximum Gasteiger partial charge on any atom is 0.149 e. The maximum atomic E-state index is 6.29. The summed E-state index contributed by atoms with van der Waals surface area (Å²) in [5.41, 5.74) is 6.29. The summed E-state index contributed by atoms with van der Waals surface area (Å²) in [5, 5.41) is 0. The first-order valence-electron chi connectivity index (χ1n) is 6.45. The zero-order chi connectivity index (χ0) is 15.2. The zero-order valence-electron chi connectivity index (χ0n) is 11.4. The SMILES string of the molecule is NC(c1ncncn1)C(Cc1ncncn1)c1ncncn1. The van der Waals surface area contributed by atoms with Gasteiger partial charge in [0, 0.05) is 12.3 Å². The molecule has 3 heterocycles. The van der Waals surface area contributed by atoms with Crippen molar-refractivity contribution in [2.24, 2.45) is 5.73 Å². The van der Waals surface area contributed by atoms with E-state index < -0.39 is 6.04 Å². The molecule has 0 amide bonds. The number of rotatable bonds is 5. The van der Waals surface area contributed by atoms with Crippen molar-refractivity contribution in [2.45, 2.75) is 18.4 Å². The van der Waals surface area contributed by atoms with Crippen LogP contribution in [0.4, 0.5) is 0 Å². The van der Waals surface area contributed by atoms with Crippen molar-refractivity contribution >= 4 is 0 Å². The van der Waals surface area contributed by atoms with Crippen molar-refractivity contribution in [3.05, 3.63) is 55.4 Å². The standard InChI is InChI=1S/C12H12N10/c13-10(12-21-6-16-7-22-12)8(11-19-4-15-5-20-11)1-9-17-2-14-3-18-9/h2-8,10H,1,13H2. The number of nitrogens with two attached hydrogens (primary N) is 1. The van der Waals surface area contributed by atoms with Crippen LogP contribution in [0.5, 0.6) is 0 Å². The van der Waals surface area contributed by atoms with Gasteiger partial charge in [0.2, 0.25) is 0 Å². The van der Waals surface area contributed by atoms with Gasteiger partial charge in [-0.2, -0.15) is 0 Å². The first-order valence-corrected chi connectivity index (χ1v) is 6.45. The molecule has 2 unspecified atom stereocenters. The monoisotopic (exact) mass is 296 g/mol. The quantitative estimate of drug-likeness (QED) is 0.639. The highest BCUT2D eigenvalue weighted by molar-refractivity contribution is 5.09. The minimum absolute atomic E-state index is 0.298. The Balaban J connectivity index is 1.93. The molecule has 0 aliphatic carbocycles. The van der Waals surface area contributed by atoms with E-state index in [-0.39, 0.29) is 5.92 Å². The summed E-state index contributed by atoms with van der Waals surface area (Å²) in [6.45, 7) is 0. The fourth-order valence-electron chi connectivity index (χ4n) is 1.98. The van der Waals surface area contributed by atoms with Gasteiger partial charge in [0.15, 0.2) is 0 Å². The maximum absolute atomic E-state index is 6.29. The number of nitrogens with zero attached hydrogens (tertiary/aromatic N) is 9. The van der Waals surface area contributed by atoms with E-state index in [1.165, 1.54) is 38.0 Å². The van der Waals surface area contributed by atoms with Crippen LogP contribution in [-0.2, 0) is 6.42 Å². The molecule has 0 aliphatic rings. The predicted molar refractivity (Wildman–Crippen MR) is 72.9 cm³/mol. The summed E-state index contributed by atoms with van der Waals surface area (Å²) in [6.07, 6.45) is 8.93. The van der Waals surface area contributed by atoms with E-state index in [1.807, 2.05) is 0 Å². The number of hydrogen-bond donors (Lipinski definition) is 1. The lowest BCUT2D eigenvalue weighted by molar-refractivity contribution is 0.488. The topological polar surface area (TPSA) is 142 Å². The van der Waals surface area contributed by atoms with Crippen LogP contribution in [-0.4, -0.2) is 44.9 Å². The fraction of sp³-hybridized carbons (Fsp3) is 0.250. The van der Waals surface area contributed by atoms with E-state index in [4.69, 9.17) is 5.73 Å². The van der Waals surface area contributed by atoms with Gasteiger partial charge < -0.3 is 5.73 Å². The second-order valence-electron chi connectivity index (χ2n) is 4.38. The second kappa shape index (κ2) is 6.63. The molecule has 0 bridgehead atoms. The lowest BCUT2D eigenvalue weighted by Crippen LogP contribution is -2.26. The molecule has 0 radical (unpaired) electrons. The van der Waals surface area contributed by atoms with Gasteiger partial charge >= 0.3 is 0 Å². The Morgan fingerprint density at radius 3 is 1.68 bits per heavy atom. The van der Waals surface area contributed by atoms with Crippen LogP contribution < -0.4 is 5.73 Å². The molecule has 0 aromatic carbocycles. The molecule has 0 saturated carbocycles. The van der Waals surface area contributed by atoms with Crippen molar-refractivity contribution in [2.75, 3.05) is 0 Å². The Morgan fingerprint density at radius 1 is 0.682 bits per heavy atom. The van der Waals surface area contributed by atoms with Crippen LogP contribution in [0.2, 0.25) is 0 Å². The largest absolute Gasteiger partial charge is 0.321 e. The minimum atomic E-state index is -0.526. The van der Waals surface area contributed by atoms with Gasteiger partial charge in [-0.15, -0.1) is 0 Å². The zero-order valence-corrected chi connectivity index (χ0v) is 11.4. The van der Waals surface area contributed by atoms with E-state index in [9.17, 15) is 0 Å². The van der Waals surface area contributed by atoms with Crippen LogP contribution in [0.1, 0.15) is 29.4 Å². The van der Waals surface area contributed by atoms with Crippen molar-refractivity contribution in [3.8, 4) is 0 Å². The van der Waals surface area contributed by atoms with Crippen LogP contribution in [0.15, 0.2) is 38.0 Å². The summed E-state index contributed by atoms with van der Waals surface area (Å²) >= 11 is 0. The van der Waals surface area contributed by atoms with Crippen molar-refractivity contribution in [1.82, 2.24) is 44.9 Å². The molecular weight excluding hydrogens is 284 g/mol. The Kier molecular flexibility index (Phi) is 4.20. The van der Waals surface area contributed by atoms with Gasteiger partial charge in [-0.3, -0.25) is 0 Å². The van der Waals surface area contributed by atoms with Crippen LogP contribution in [0, 0.1) is 0 Å². The first kappa shape index (κ1) is 13.9. The van der Waals surface area contributed by atoms with Gasteiger partial charge in [-0.05, 0) is 0 Å². The van der Waals surface area contributed by atoms with Crippen molar-refractivity contribution in [3.63, 3.8) is 0 Å². The second-order valence-corrected chi connectivity index (χ2v) is 4.38. The van der Waals surface area contributed by atoms with Gasteiger partial charge in [0.25, 0.3) is 0 Å². The summed E-state index contributed by atoms with van der Waals surface area (Å²) < 4.78 is 0. The molecule has 0 fully saturated rings. The molecule has 2 atom stereocenters. The predicted octanol–water partition coefficient (Wildman–Crippen LogP) is -0.732. The fourth-order valence-corrected chi connectivity index (χ4v) is 1.98. The highest BCUT2D eigenvalue weighted by Gasteiger charge is 2.27. The van der Waals surface area contributed by atoms with E-state index in [1.54, 1.807) is 0 Å². The Hall–Kier alpha value is -3.01. The highest BCUT2D eigenvalue weighted by Crippen LogP contribution is 2.26. The smallest absolute Gasteiger partial charge is 0.149 e. The third kappa shape index (κ3) is 3.17. The molecule has 3 rings (SSSR count). The molecule has 10 nitrogen and oxygen atoms in total. The third-order valence-corrected chi connectivity index (χ3v) is 3.04. The highest BCUT2D eigenvalue weighted by atomic mass is 15.0. The van der Waals surface area contributed by atoms with E-state index in [0.717, 1.165) is 0 Å². The average molecular weight is 296 g/mol. The summed E-state index contributed by atoms with van der Waals surface area (Å²) in [4.78, 5) is 36.2. The van der Waals surface area contributed by atoms with E-state index in [0.29, 0.717) is 23.9 Å².